The summed E-state index contributed by atoms with van der Waals surface area (Å²) in [7, 11) is 0. The van der Waals surface area contributed by atoms with Gasteiger partial charge in [-0.05, 0) is 95.8 Å². The van der Waals surface area contributed by atoms with Gasteiger partial charge in [0, 0.05) is 41.9 Å². The van der Waals surface area contributed by atoms with E-state index < -0.39 is 0 Å². The van der Waals surface area contributed by atoms with Crippen LogP contribution in [0.15, 0.2) is 117 Å². The van der Waals surface area contributed by atoms with E-state index in [2.05, 4.69) is 0 Å². The lowest BCUT2D eigenvalue weighted by molar-refractivity contribution is -0.111. The second kappa shape index (κ2) is 12.7. The van der Waals surface area contributed by atoms with E-state index in [-0.39, 0.29) is 11.6 Å². The summed E-state index contributed by atoms with van der Waals surface area (Å²) < 4.78 is 0. The first kappa shape index (κ1) is 28.6. The van der Waals surface area contributed by atoms with E-state index in [1.54, 1.807) is 47.0 Å². The lowest BCUT2D eigenvalue weighted by Gasteiger charge is -2.25. The van der Waals surface area contributed by atoms with E-state index in [0.29, 0.717) is 22.3 Å². The molecule has 0 bridgehead atoms. The molecule has 1 aliphatic carbocycles. The van der Waals surface area contributed by atoms with Crippen LogP contribution in [0.2, 0.25) is 0 Å². The molecule has 4 aromatic carbocycles. The Bertz CT molecular complexity index is 1370. The van der Waals surface area contributed by atoms with Gasteiger partial charge in [0.1, 0.15) is 0 Å². The topological polar surface area (TPSA) is 34.1 Å². The van der Waals surface area contributed by atoms with Crippen molar-refractivity contribution in [1.82, 2.24) is 0 Å². The van der Waals surface area contributed by atoms with Gasteiger partial charge in [-0.15, -0.1) is 47.0 Å². The summed E-state index contributed by atoms with van der Waals surface area (Å²) in [5.74, 6) is -0.275. The van der Waals surface area contributed by atoms with Gasteiger partial charge in [-0.3, -0.25) is 9.59 Å². The molecule has 0 heterocycles. The Morgan fingerprint density at radius 1 is 0.325 bits per heavy atom. The zero-order valence-corrected chi connectivity index (χ0v) is 26.0. The van der Waals surface area contributed by atoms with Crippen molar-refractivity contribution >= 4 is 80.9 Å². The molecular weight excluding hydrogens is 569 g/mol. The maximum Gasteiger partial charge on any atom is 0.195 e. The van der Waals surface area contributed by atoms with Gasteiger partial charge in [0.2, 0.25) is 0 Å². The molecule has 0 atom stereocenters. The minimum atomic E-state index is -0.138. The highest BCUT2D eigenvalue weighted by Crippen LogP contribution is 2.44. The van der Waals surface area contributed by atoms with E-state index >= 15 is 0 Å². The van der Waals surface area contributed by atoms with Crippen LogP contribution in [-0.2, 0) is 9.59 Å². The maximum absolute atomic E-state index is 14.7. The van der Waals surface area contributed by atoms with Crippen molar-refractivity contribution in [2.45, 2.75) is 19.6 Å². The van der Waals surface area contributed by atoms with Crippen molar-refractivity contribution in [2.24, 2.45) is 0 Å². The maximum atomic E-state index is 14.7. The largest absolute Gasteiger partial charge is 0.289 e. The van der Waals surface area contributed by atoms with Crippen molar-refractivity contribution in [2.75, 3.05) is 25.0 Å². The molecular formula is C34H28O2S4. The van der Waals surface area contributed by atoms with E-state index in [1.165, 1.54) is 0 Å². The number of ketones is 2. The molecule has 4 aromatic rings. The summed E-state index contributed by atoms with van der Waals surface area (Å²) in [6, 6.07) is 31.7. The van der Waals surface area contributed by atoms with E-state index in [9.17, 15) is 9.59 Å². The molecule has 0 amide bonds. The normalized spacial score (nSPS) is 13.8. The highest BCUT2D eigenvalue weighted by atomic mass is 32.2. The molecule has 2 nitrogen and oxygen atoms in total. The average Bonchev–Trinajstić information content (AvgIpc) is 3.02. The van der Waals surface area contributed by atoms with Crippen molar-refractivity contribution in [1.29, 1.82) is 0 Å². The number of hydrogen-bond acceptors (Lipinski definition) is 6. The van der Waals surface area contributed by atoms with Crippen LogP contribution < -0.4 is 0 Å². The highest BCUT2D eigenvalue weighted by molar-refractivity contribution is 7.99. The van der Waals surface area contributed by atoms with Crippen LogP contribution in [-0.4, -0.2) is 36.6 Å². The third-order valence-corrected chi connectivity index (χ3v) is 9.90. The number of allylic oxidation sites excluding steroid dienone is 4. The lowest BCUT2D eigenvalue weighted by atomic mass is 9.75. The Balaban J connectivity index is 1.80. The molecule has 1 aliphatic rings. The molecule has 0 fully saturated rings. The Morgan fingerprint density at radius 3 is 0.650 bits per heavy atom. The Hall–Kier alpha value is -2.90. The van der Waals surface area contributed by atoms with E-state index in [0.717, 1.165) is 41.8 Å². The van der Waals surface area contributed by atoms with Crippen LogP contribution in [0.3, 0.4) is 0 Å². The van der Waals surface area contributed by atoms with Crippen molar-refractivity contribution in [3.63, 3.8) is 0 Å². The Labute approximate surface area is 253 Å². The zero-order chi connectivity index (χ0) is 28.2. The van der Waals surface area contributed by atoms with Crippen LogP contribution in [0.4, 0.5) is 0 Å². The highest BCUT2D eigenvalue weighted by Gasteiger charge is 2.37. The van der Waals surface area contributed by atoms with Crippen molar-refractivity contribution < 1.29 is 9.59 Å². The standard InChI is InChI=1S/C34H28O2S4/c1-37-25-13-5-21(6-14-25)29-30(22-7-15-26(38-2)16-8-22)34(36)32(24-11-19-28(40-4)20-12-24)31(33(29)35)23-9-17-27(39-3)18-10-23/h5-20H,1-4H3. The summed E-state index contributed by atoms with van der Waals surface area (Å²) in [4.78, 5) is 33.8. The molecule has 6 heteroatoms. The van der Waals surface area contributed by atoms with Gasteiger partial charge in [0.15, 0.2) is 11.6 Å². The molecule has 0 unspecified atom stereocenters. The van der Waals surface area contributed by atoms with Crippen molar-refractivity contribution in [3.05, 3.63) is 119 Å². The van der Waals surface area contributed by atoms with E-state index in [1.807, 2.05) is 122 Å². The number of rotatable bonds is 8. The first-order valence-corrected chi connectivity index (χ1v) is 17.5. The summed E-state index contributed by atoms with van der Waals surface area (Å²) in [5, 5.41) is 0. The summed E-state index contributed by atoms with van der Waals surface area (Å²) in [5.41, 5.74) is 4.77. The lowest BCUT2D eigenvalue weighted by Crippen LogP contribution is -2.22. The first-order chi connectivity index (χ1) is 19.5. The minimum absolute atomic E-state index is 0.138. The van der Waals surface area contributed by atoms with Crippen LogP contribution in [0.25, 0.3) is 22.3 Å². The van der Waals surface area contributed by atoms with Crippen LogP contribution in [0.1, 0.15) is 22.3 Å². The van der Waals surface area contributed by atoms with Crippen molar-refractivity contribution in [3.8, 4) is 0 Å². The number of carbonyl (C=O) groups excluding carboxylic acids is 2. The van der Waals surface area contributed by atoms with Crippen LogP contribution in [0, 0.1) is 0 Å². The van der Waals surface area contributed by atoms with Crippen LogP contribution in [0.5, 0.6) is 0 Å². The van der Waals surface area contributed by atoms with Gasteiger partial charge in [-0.1, -0.05) is 48.5 Å². The van der Waals surface area contributed by atoms with Gasteiger partial charge in [0.25, 0.3) is 0 Å². The smallest absolute Gasteiger partial charge is 0.195 e. The van der Waals surface area contributed by atoms with Gasteiger partial charge in [-0.25, -0.2) is 0 Å². The Kier molecular flexibility index (Phi) is 9.11. The summed E-state index contributed by atoms with van der Waals surface area (Å²) in [6.45, 7) is 0. The molecule has 0 aliphatic heterocycles. The SMILES string of the molecule is CSc1ccc(C2=C(c3ccc(SC)cc3)C(=O)C(c3ccc(SC)cc3)=C(c3ccc(SC)cc3)C2=O)cc1. The molecule has 0 saturated carbocycles. The second-order valence-corrected chi connectivity index (χ2v) is 12.6. The van der Waals surface area contributed by atoms with Gasteiger partial charge in [-0.2, -0.15) is 0 Å². The molecule has 0 radical (unpaired) electrons. The summed E-state index contributed by atoms with van der Waals surface area (Å²) >= 11 is 6.58. The molecule has 0 N–H and O–H groups in total. The minimum Gasteiger partial charge on any atom is -0.289 e. The first-order valence-electron chi connectivity index (χ1n) is 12.6. The van der Waals surface area contributed by atoms with Gasteiger partial charge < -0.3 is 0 Å². The fourth-order valence-electron chi connectivity index (χ4n) is 4.84. The quantitative estimate of drug-likeness (QED) is 0.149. The molecule has 0 aromatic heterocycles. The van der Waals surface area contributed by atoms with Gasteiger partial charge in [0.05, 0.1) is 0 Å². The average molecular weight is 597 g/mol. The monoisotopic (exact) mass is 596 g/mol. The predicted octanol–water partition coefficient (Wildman–Crippen LogP) is 9.25. The zero-order valence-electron chi connectivity index (χ0n) is 22.7. The summed E-state index contributed by atoms with van der Waals surface area (Å²) in [6.07, 6.45) is 8.10. The molecule has 5 rings (SSSR count). The number of Topliss-reactive ketones (excluding diaryl/α,β-unsaturated/α-hetero) is 2. The molecule has 200 valence electrons. The molecule has 40 heavy (non-hydrogen) atoms. The molecule has 0 saturated heterocycles. The Morgan fingerprint density at radius 2 is 0.500 bits per heavy atom. The van der Waals surface area contributed by atoms with E-state index in [4.69, 9.17) is 0 Å². The second-order valence-electron chi connectivity index (χ2n) is 9.07. The predicted molar refractivity (Wildman–Crippen MR) is 177 cm³/mol. The third kappa shape index (κ3) is 5.64. The number of benzene rings is 4. The van der Waals surface area contributed by atoms with Gasteiger partial charge >= 0.3 is 0 Å². The van der Waals surface area contributed by atoms with Crippen LogP contribution >= 0.6 is 47.0 Å². The number of hydrogen-bond donors (Lipinski definition) is 0. The fourth-order valence-corrected chi connectivity index (χ4v) is 6.47. The molecule has 0 spiro atoms. The number of thioether (sulfide) groups is 4. The fraction of sp³-hybridized carbons (Fsp3) is 0.118. The number of carbonyl (C=O) groups is 2. The third-order valence-electron chi connectivity index (χ3n) is 6.92.